The molecule has 0 aliphatic rings. The highest BCUT2D eigenvalue weighted by atomic mass is 28.4. The summed E-state index contributed by atoms with van der Waals surface area (Å²) in [5.41, 5.74) is 0. The van der Waals surface area contributed by atoms with E-state index in [9.17, 15) is 9.59 Å². The number of carbonyl (C=O) groups excluding carboxylic acids is 2. The Morgan fingerprint density at radius 1 is 0.438 bits per heavy atom. The standard InChI is InChI=1S/C20H48O7Si5/c1-28(2,3)23-16(17(24-29(4,5)6)19(21)26-31(10,11)12)18(25-30(7,8)9)20(22)27-32(13,14)15/h16-18H,1-15H3. The van der Waals surface area contributed by atoms with Gasteiger partial charge >= 0.3 is 11.9 Å². The second-order valence-corrected chi connectivity index (χ2v) is 35.3. The van der Waals surface area contributed by atoms with E-state index in [-0.39, 0.29) is 0 Å². The van der Waals surface area contributed by atoms with Crippen molar-refractivity contribution < 1.29 is 31.7 Å². The van der Waals surface area contributed by atoms with Gasteiger partial charge in [-0.25, -0.2) is 0 Å². The van der Waals surface area contributed by atoms with Crippen LogP contribution in [0.15, 0.2) is 0 Å². The molecular formula is C20H48O7Si5. The van der Waals surface area contributed by atoms with Gasteiger partial charge < -0.3 is 22.1 Å². The van der Waals surface area contributed by atoms with E-state index in [1.54, 1.807) is 0 Å². The van der Waals surface area contributed by atoms with Gasteiger partial charge in [-0.3, -0.25) is 9.59 Å². The monoisotopic (exact) mass is 540 g/mol. The zero-order chi connectivity index (χ0) is 25.9. The summed E-state index contributed by atoms with van der Waals surface area (Å²) in [5, 5.41) is 0. The minimum atomic E-state index is -2.23. The predicted octanol–water partition coefficient (Wildman–Crippen LogP) is 5.40. The molecule has 0 radical (unpaired) electrons. The second kappa shape index (κ2) is 11.1. The number of carbonyl (C=O) groups is 2. The molecule has 0 saturated carbocycles. The first kappa shape index (κ1) is 31.9. The fourth-order valence-corrected chi connectivity index (χ4v) is 7.16. The molecule has 12 heteroatoms. The minimum Gasteiger partial charge on any atom is -0.518 e. The molecule has 0 N–H and O–H groups in total. The summed E-state index contributed by atoms with van der Waals surface area (Å²) in [6, 6.07) is 0. The second-order valence-electron chi connectivity index (χ2n) is 13.1. The first-order valence-electron chi connectivity index (χ1n) is 11.3. The molecule has 0 spiro atoms. The van der Waals surface area contributed by atoms with E-state index < -0.39 is 71.8 Å². The average Bonchev–Trinajstić information content (AvgIpc) is 2.41. The van der Waals surface area contributed by atoms with Crippen molar-refractivity contribution in [3.63, 3.8) is 0 Å². The maximum Gasteiger partial charge on any atom is 0.323 e. The number of rotatable bonds is 12. The lowest BCUT2D eigenvalue weighted by Gasteiger charge is -2.40. The molecule has 0 aliphatic heterocycles. The van der Waals surface area contributed by atoms with Crippen molar-refractivity contribution in [3.05, 3.63) is 0 Å². The van der Waals surface area contributed by atoms with Crippen LogP contribution in [-0.2, 0) is 31.7 Å². The molecule has 0 aromatic rings. The van der Waals surface area contributed by atoms with E-state index >= 15 is 0 Å². The molecule has 2 unspecified atom stereocenters. The molecule has 0 amide bonds. The van der Waals surface area contributed by atoms with E-state index in [0.29, 0.717) is 0 Å². The Morgan fingerprint density at radius 3 is 0.875 bits per heavy atom. The van der Waals surface area contributed by atoms with E-state index in [1.807, 2.05) is 98.2 Å². The SMILES string of the molecule is C[Si](C)(C)OC(=O)C(O[Si](C)(C)C)C(O[Si](C)(C)C)C(O[Si](C)(C)C)C(=O)O[Si](C)(C)C. The van der Waals surface area contributed by atoms with Crippen molar-refractivity contribution >= 4 is 53.5 Å². The van der Waals surface area contributed by atoms with Crippen LogP contribution in [0, 0.1) is 0 Å². The van der Waals surface area contributed by atoms with Crippen LogP contribution in [0.5, 0.6) is 0 Å². The van der Waals surface area contributed by atoms with Crippen LogP contribution in [0.3, 0.4) is 0 Å². The fraction of sp³-hybridized carbons (Fsp3) is 0.900. The Kier molecular flexibility index (Phi) is 11.1. The highest BCUT2D eigenvalue weighted by molar-refractivity contribution is 6.72. The molecule has 2 atom stereocenters. The Labute approximate surface area is 201 Å². The van der Waals surface area contributed by atoms with Gasteiger partial charge in [0, 0.05) is 0 Å². The topological polar surface area (TPSA) is 80.3 Å². The van der Waals surface area contributed by atoms with Gasteiger partial charge in [0.15, 0.2) is 37.2 Å². The van der Waals surface area contributed by atoms with Gasteiger partial charge in [0.05, 0.1) is 0 Å². The maximum atomic E-state index is 13.4. The molecule has 7 nitrogen and oxygen atoms in total. The highest BCUT2D eigenvalue weighted by Gasteiger charge is 2.48. The first-order valence-corrected chi connectivity index (χ1v) is 28.3. The zero-order valence-corrected chi connectivity index (χ0v) is 28.1. The number of hydrogen-bond acceptors (Lipinski definition) is 7. The normalized spacial score (nSPS) is 16.8. The summed E-state index contributed by atoms with van der Waals surface area (Å²) in [4.78, 5) is 26.8. The lowest BCUT2D eigenvalue weighted by molar-refractivity contribution is -0.160. The summed E-state index contributed by atoms with van der Waals surface area (Å²) in [6.45, 7) is 29.7. The largest absolute Gasteiger partial charge is 0.518 e. The van der Waals surface area contributed by atoms with Gasteiger partial charge in [-0.2, -0.15) is 0 Å². The quantitative estimate of drug-likeness (QED) is 0.306. The van der Waals surface area contributed by atoms with Crippen LogP contribution in [0.25, 0.3) is 0 Å². The molecule has 0 rings (SSSR count). The average molecular weight is 541 g/mol. The molecule has 0 heterocycles. The van der Waals surface area contributed by atoms with Crippen LogP contribution in [0.1, 0.15) is 0 Å². The summed E-state index contributed by atoms with van der Waals surface area (Å²) in [5.74, 6) is -0.973. The van der Waals surface area contributed by atoms with Crippen LogP contribution in [-0.4, -0.2) is 71.8 Å². The van der Waals surface area contributed by atoms with E-state index in [4.69, 9.17) is 22.1 Å². The summed E-state index contributed by atoms with van der Waals surface area (Å²) >= 11 is 0. The molecule has 32 heavy (non-hydrogen) atoms. The van der Waals surface area contributed by atoms with Gasteiger partial charge in [0.25, 0.3) is 0 Å². The van der Waals surface area contributed by atoms with Crippen LogP contribution >= 0.6 is 0 Å². The maximum absolute atomic E-state index is 13.4. The van der Waals surface area contributed by atoms with Crippen molar-refractivity contribution in [2.45, 2.75) is 117 Å². The van der Waals surface area contributed by atoms with E-state index in [0.717, 1.165) is 0 Å². The highest BCUT2D eigenvalue weighted by Crippen LogP contribution is 2.27. The van der Waals surface area contributed by atoms with E-state index in [1.165, 1.54) is 0 Å². The lowest BCUT2D eigenvalue weighted by atomic mass is 10.1. The fourth-order valence-electron chi connectivity index (χ4n) is 2.67. The molecular weight excluding hydrogens is 493 g/mol. The van der Waals surface area contributed by atoms with Crippen LogP contribution in [0.4, 0.5) is 0 Å². The van der Waals surface area contributed by atoms with Crippen LogP contribution < -0.4 is 0 Å². The Balaban J connectivity index is 6.62. The molecule has 0 aromatic carbocycles. The molecule has 0 fully saturated rings. The van der Waals surface area contributed by atoms with Gasteiger partial charge in [-0.15, -0.1) is 0 Å². The third-order valence-corrected chi connectivity index (χ3v) is 7.85. The molecule has 0 aliphatic carbocycles. The van der Waals surface area contributed by atoms with Crippen LogP contribution in [0.2, 0.25) is 98.2 Å². The van der Waals surface area contributed by atoms with Gasteiger partial charge in [-0.05, 0) is 98.2 Å². The molecule has 0 saturated heterocycles. The lowest BCUT2D eigenvalue weighted by Crippen LogP contribution is -2.59. The zero-order valence-electron chi connectivity index (χ0n) is 23.1. The Hall–Kier alpha value is -0.0956. The van der Waals surface area contributed by atoms with Crippen molar-refractivity contribution in [1.29, 1.82) is 0 Å². The van der Waals surface area contributed by atoms with Crippen molar-refractivity contribution in [2.75, 3.05) is 0 Å². The summed E-state index contributed by atoms with van der Waals surface area (Å²) < 4.78 is 30.9. The van der Waals surface area contributed by atoms with Crippen molar-refractivity contribution in [3.8, 4) is 0 Å². The first-order chi connectivity index (χ1) is 13.8. The molecule has 190 valence electrons. The summed E-state index contributed by atoms with van der Waals surface area (Å²) in [6.07, 6.45) is -3.06. The van der Waals surface area contributed by atoms with Crippen molar-refractivity contribution in [1.82, 2.24) is 0 Å². The third-order valence-electron chi connectivity index (χ3n) is 3.33. The van der Waals surface area contributed by atoms with E-state index in [2.05, 4.69) is 0 Å². The predicted molar refractivity (Wildman–Crippen MR) is 144 cm³/mol. The van der Waals surface area contributed by atoms with Crippen molar-refractivity contribution in [2.24, 2.45) is 0 Å². The Morgan fingerprint density at radius 2 is 0.688 bits per heavy atom. The summed E-state index contributed by atoms with van der Waals surface area (Å²) in [7, 11) is -11.1. The Bertz CT molecular complexity index is 589. The molecule has 0 aromatic heterocycles. The third kappa shape index (κ3) is 14.9. The van der Waals surface area contributed by atoms with Gasteiger partial charge in [0.1, 0.15) is 6.10 Å². The smallest absolute Gasteiger partial charge is 0.323 e. The molecule has 0 bridgehead atoms. The minimum absolute atomic E-state index is 0.486. The number of hydrogen-bond donors (Lipinski definition) is 0. The van der Waals surface area contributed by atoms with Gasteiger partial charge in [-0.1, -0.05) is 0 Å². The van der Waals surface area contributed by atoms with Gasteiger partial charge in [0.2, 0.25) is 16.6 Å².